The van der Waals surface area contributed by atoms with Crippen LogP contribution >= 0.6 is 0 Å². The van der Waals surface area contributed by atoms with Crippen molar-refractivity contribution in [1.29, 1.82) is 0 Å². The molecule has 0 saturated carbocycles. The monoisotopic (exact) mass is 357 g/mol. The second kappa shape index (κ2) is 7.87. The molecule has 0 heterocycles. The van der Waals surface area contributed by atoms with Gasteiger partial charge in [0.05, 0.1) is 0 Å². The average molecular weight is 357 g/mol. The third-order valence-electron chi connectivity index (χ3n) is 3.11. The minimum atomic E-state index is -4.78. The molecular formula is C17H15F4NO3. The zero-order valence-corrected chi connectivity index (χ0v) is 13.1. The summed E-state index contributed by atoms with van der Waals surface area (Å²) >= 11 is 0. The number of anilines is 1. The van der Waals surface area contributed by atoms with Crippen molar-refractivity contribution in [2.45, 2.75) is 25.8 Å². The second-order valence-corrected chi connectivity index (χ2v) is 5.03. The predicted octanol–water partition coefficient (Wildman–Crippen LogP) is 4.52. The molecule has 0 aromatic heterocycles. The van der Waals surface area contributed by atoms with E-state index in [2.05, 4.69) is 10.1 Å². The molecule has 2 rings (SSSR count). The number of alkyl halides is 3. The lowest BCUT2D eigenvalue weighted by molar-refractivity contribution is -0.274. The highest BCUT2D eigenvalue weighted by Crippen LogP contribution is 2.24. The maximum atomic E-state index is 12.9. The van der Waals surface area contributed by atoms with E-state index in [0.717, 1.165) is 12.1 Å². The van der Waals surface area contributed by atoms with E-state index in [4.69, 9.17) is 4.74 Å². The largest absolute Gasteiger partial charge is 0.573 e. The van der Waals surface area contributed by atoms with Crippen LogP contribution in [0.25, 0.3) is 0 Å². The van der Waals surface area contributed by atoms with E-state index >= 15 is 0 Å². The van der Waals surface area contributed by atoms with Gasteiger partial charge in [0.15, 0.2) is 6.10 Å². The zero-order valence-electron chi connectivity index (χ0n) is 13.1. The fraction of sp³-hybridized carbons (Fsp3) is 0.235. The van der Waals surface area contributed by atoms with Crippen LogP contribution in [-0.4, -0.2) is 18.4 Å². The van der Waals surface area contributed by atoms with Crippen molar-refractivity contribution in [3.63, 3.8) is 0 Å². The summed E-state index contributed by atoms with van der Waals surface area (Å²) in [5, 5.41) is 2.54. The maximum absolute atomic E-state index is 12.9. The van der Waals surface area contributed by atoms with Crippen molar-refractivity contribution < 1.29 is 31.8 Å². The zero-order chi connectivity index (χ0) is 18.4. The van der Waals surface area contributed by atoms with Crippen LogP contribution in [0.2, 0.25) is 0 Å². The van der Waals surface area contributed by atoms with Gasteiger partial charge in [0.2, 0.25) is 0 Å². The molecule has 2 aromatic rings. The molecule has 0 radical (unpaired) electrons. The Morgan fingerprint density at radius 2 is 1.60 bits per heavy atom. The summed E-state index contributed by atoms with van der Waals surface area (Å²) in [6.07, 6.45) is -5.27. The number of halogens is 4. The molecule has 0 fully saturated rings. The standard InChI is InChI=1S/C17H15F4NO3/c1-2-15(24-13-7-3-11(18)4-8-13)16(23)22-12-5-9-14(10-6-12)25-17(19,20)21/h3-10,15H,2H2,1H3,(H,22,23). The summed E-state index contributed by atoms with van der Waals surface area (Å²) < 4.78 is 58.4. The number of ether oxygens (including phenoxy) is 2. The first kappa shape index (κ1) is 18.6. The molecule has 25 heavy (non-hydrogen) atoms. The van der Waals surface area contributed by atoms with Crippen LogP contribution in [0.1, 0.15) is 13.3 Å². The number of benzene rings is 2. The Kier molecular flexibility index (Phi) is 5.84. The molecule has 1 amide bonds. The minimum Gasteiger partial charge on any atom is -0.481 e. The molecule has 0 bridgehead atoms. The molecule has 8 heteroatoms. The van der Waals surface area contributed by atoms with Gasteiger partial charge in [-0.2, -0.15) is 0 Å². The Labute approximate surface area is 141 Å². The summed E-state index contributed by atoms with van der Waals surface area (Å²) in [6, 6.07) is 9.95. The van der Waals surface area contributed by atoms with Crippen molar-refractivity contribution in [3.8, 4) is 11.5 Å². The summed E-state index contributed by atoms with van der Waals surface area (Å²) in [7, 11) is 0. The molecule has 0 spiro atoms. The third-order valence-corrected chi connectivity index (χ3v) is 3.11. The van der Waals surface area contributed by atoms with Crippen LogP contribution in [0.3, 0.4) is 0 Å². The van der Waals surface area contributed by atoms with Gasteiger partial charge in [0, 0.05) is 5.69 Å². The smallest absolute Gasteiger partial charge is 0.481 e. The molecular weight excluding hydrogens is 342 g/mol. The predicted molar refractivity (Wildman–Crippen MR) is 82.9 cm³/mol. The fourth-order valence-electron chi connectivity index (χ4n) is 1.96. The number of rotatable bonds is 6. The first-order valence-electron chi connectivity index (χ1n) is 7.35. The van der Waals surface area contributed by atoms with E-state index in [0.29, 0.717) is 17.9 Å². The highest BCUT2D eigenvalue weighted by Gasteiger charge is 2.31. The van der Waals surface area contributed by atoms with Crippen molar-refractivity contribution in [2.75, 3.05) is 5.32 Å². The van der Waals surface area contributed by atoms with Gasteiger partial charge in [0.1, 0.15) is 17.3 Å². The molecule has 2 aromatic carbocycles. The lowest BCUT2D eigenvalue weighted by Crippen LogP contribution is -2.32. The number of carbonyl (C=O) groups excluding carboxylic acids is 1. The van der Waals surface area contributed by atoms with Crippen LogP contribution < -0.4 is 14.8 Å². The van der Waals surface area contributed by atoms with Crippen LogP contribution in [-0.2, 0) is 4.79 Å². The molecule has 0 aliphatic heterocycles. The summed E-state index contributed by atoms with van der Waals surface area (Å²) in [6.45, 7) is 1.73. The number of hydrogen-bond acceptors (Lipinski definition) is 3. The molecule has 1 unspecified atom stereocenters. The lowest BCUT2D eigenvalue weighted by Gasteiger charge is -2.17. The molecule has 0 aliphatic rings. The number of hydrogen-bond donors (Lipinski definition) is 1. The van der Waals surface area contributed by atoms with E-state index in [1.54, 1.807) is 6.92 Å². The van der Waals surface area contributed by atoms with Crippen molar-refractivity contribution in [2.24, 2.45) is 0 Å². The molecule has 4 nitrogen and oxygen atoms in total. The van der Waals surface area contributed by atoms with E-state index in [1.807, 2.05) is 0 Å². The first-order chi connectivity index (χ1) is 11.8. The Balaban J connectivity index is 1.97. The second-order valence-electron chi connectivity index (χ2n) is 5.03. The van der Waals surface area contributed by atoms with E-state index in [-0.39, 0.29) is 5.75 Å². The van der Waals surface area contributed by atoms with Crippen molar-refractivity contribution in [1.82, 2.24) is 0 Å². The van der Waals surface area contributed by atoms with Gasteiger partial charge in [-0.05, 0) is 55.0 Å². The van der Waals surface area contributed by atoms with Crippen LogP contribution in [0.5, 0.6) is 11.5 Å². The quantitative estimate of drug-likeness (QED) is 0.774. The Hall–Kier alpha value is -2.77. The fourth-order valence-corrected chi connectivity index (χ4v) is 1.96. The lowest BCUT2D eigenvalue weighted by atomic mass is 10.2. The third kappa shape index (κ3) is 5.98. The Morgan fingerprint density at radius 3 is 2.12 bits per heavy atom. The normalized spacial score (nSPS) is 12.4. The molecule has 1 N–H and O–H groups in total. The highest BCUT2D eigenvalue weighted by molar-refractivity contribution is 5.94. The minimum absolute atomic E-state index is 0.292. The van der Waals surface area contributed by atoms with Gasteiger partial charge in [-0.1, -0.05) is 6.92 Å². The summed E-state index contributed by atoms with van der Waals surface area (Å²) in [4.78, 5) is 12.2. The molecule has 0 saturated heterocycles. The topological polar surface area (TPSA) is 47.6 Å². The summed E-state index contributed by atoms with van der Waals surface area (Å²) in [5.74, 6) is -0.959. The van der Waals surface area contributed by atoms with Crippen LogP contribution in [0.15, 0.2) is 48.5 Å². The molecule has 1 atom stereocenters. The number of amides is 1. The van der Waals surface area contributed by atoms with Gasteiger partial charge < -0.3 is 14.8 Å². The number of carbonyl (C=O) groups is 1. The SMILES string of the molecule is CCC(Oc1ccc(F)cc1)C(=O)Nc1ccc(OC(F)(F)F)cc1. The average Bonchev–Trinajstić information content (AvgIpc) is 2.54. The Morgan fingerprint density at radius 1 is 1.04 bits per heavy atom. The van der Waals surface area contributed by atoms with Crippen LogP contribution in [0, 0.1) is 5.82 Å². The molecule has 134 valence electrons. The summed E-state index contributed by atoms with van der Waals surface area (Å²) in [5.41, 5.74) is 0.292. The molecule has 0 aliphatic carbocycles. The van der Waals surface area contributed by atoms with Gasteiger partial charge in [-0.15, -0.1) is 13.2 Å². The van der Waals surface area contributed by atoms with Crippen molar-refractivity contribution in [3.05, 3.63) is 54.3 Å². The van der Waals surface area contributed by atoms with Gasteiger partial charge >= 0.3 is 6.36 Å². The number of nitrogens with one attached hydrogen (secondary N) is 1. The first-order valence-corrected chi connectivity index (χ1v) is 7.35. The van der Waals surface area contributed by atoms with E-state index < -0.39 is 24.2 Å². The van der Waals surface area contributed by atoms with Gasteiger partial charge in [-0.3, -0.25) is 4.79 Å². The highest BCUT2D eigenvalue weighted by atomic mass is 19.4. The van der Waals surface area contributed by atoms with Gasteiger partial charge in [0.25, 0.3) is 5.91 Å². The van der Waals surface area contributed by atoms with Gasteiger partial charge in [-0.25, -0.2) is 4.39 Å². The van der Waals surface area contributed by atoms with Crippen LogP contribution in [0.4, 0.5) is 23.2 Å². The van der Waals surface area contributed by atoms with E-state index in [1.165, 1.54) is 36.4 Å². The van der Waals surface area contributed by atoms with E-state index in [9.17, 15) is 22.4 Å². The maximum Gasteiger partial charge on any atom is 0.573 e. The van der Waals surface area contributed by atoms with Crippen molar-refractivity contribution >= 4 is 11.6 Å². The Bertz CT molecular complexity index is 699.